The molecule has 4 saturated carbocycles. The maximum Gasteiger partial charge on any atom is 0.335 e. The Bertz CT molecular complexity index is 1580. The third kappa shape index (κ3) is 6.17. The van der Waals surface area contributed by atoms with Gasteiger partial charge in [0.2, 0.25) is 0 Å². The first-order chi connectivity index (χ1) is 24.2. The first-order valence-corrected chi connectivity index (χ1v) is 21.9. The molecule has 8 nitrogen and oxygen atoms in total. The molecule has 5 aliphatic carbocycles. The summed E-state index contributed by atoms with van der Waals surface area (Å²) in [6, 6.07) is 7.60. The van der Waals surface area contributed by atoms with E-state index >= 15 is 0 Å². The normalized spacial score (nSPS) is 38.3. The van der Waals surface area contributed by atoms with Crippen molar-refractivity contribution in [3.05, 3.63) is 41.5 Å². The zero-order chi connectivity index (χ0) is 36.4. The number of carbonyl (C=O) groups is 1. The van der Waals surface area contributed by atoms with Crippen LogP contribution < -0.4 is 5.32 Å². The van der Waals surface area contributed by atoms with Crippen LogP contribution >= 0.6 is 0 Å². The lowest BCUT2D eigenvalue weighted by Crippen LogP contribution is -2.64. The van der Waals surface area contributed by atoms with E-state index in [0.717, 1.165) is 56.3 Å². The average molecular weight is 723 g/mol. The van der Waals surface area contributed by atoms with Crippen molar-refractivity contribution in [1.82, 2.24) is 18.8 Å². The Balaban J connectivity index is 1.00. The van der Waals surface area contributed by atoms with Gasteiger partial charge in [-0.3, -0.25) is 4.90 Å². The second kappa shape index (κ2) is 13.8. The van der Waals surface area contributed by atoms with Crippen molar-refractivity contribution in [3.8, 4) is 0 Å². The minimum Gasteiger partial charge on any atom is -0.478 e. The topological polar surface area (TPSA) is 93.2 Å². The fourth-order valence-electron chi connectivity index (χ4n) is 13.8. The minimum absolute atomic E-state index is 0.0409. The van der Waals surface area contributed by atoms with Gasteiger partial charge in [0.25, 0.3) is 10.2 Å². The zero-order valence-electron chi connectivity index (χ0n) is 32.4. The van der Waals surface area contributed by atoms with Gasteiger partial charge in [-0.2, -0.15) is 17.0 Å². The number of piperazine rings is 1. The summed E-state index contributed by atoms with van der Waals surface area (Å²) in [5.74, 6) is 2.90. The molecule has 284 valence electrons. The van der Waals surface area contributed by atoms with E-state index in [9.17, 15) is 18.3 Å². The van der Waals surface area contributed by atoms with Crippen LogP contribution in [-0.4, -0.2) is 90.9 Å². The highest BCUT2D eigenvalue weighted by Crippen LogP contribution is 2.72. The van der Waals surface area contributed by atoms with E-state index in [-0.39, 0.29) is 16.4 Å². The fourth-order valence-corrected chi connectivity index (χ4v) is 15.4. The van der Waals surface area contributed by atoms with Gasteiger partial charge in [0.05, 0.1) is 5.56 Å². The minimum atomic E-state index is -3.35. The Morgan fingerprint density at radius 1 is 0.863 bits per heavy atom. The molecular weight excluding hydrogens is 657 g/mol. The van der Waals surface area contributed by atoms with Crippen LogP contribution in [0.15, 0.2) is 30.3 Å². The first kappa shape index (κ1) is 37.5. The summed E-state index contributed by atoms with van der Waals surface area (Å²) < 4.78 is 29.3. The summed E-state index contributed by atoms with van der Waals surface area (Å²) in [4.78, 5) is 14.0. The largest absolute Gasteiger partial charge is 0.478 e. The number of carboxylic acid groups (broad SMARTS) is 1. The van der Waals surface area contributed by atoms with Crippen LogP contribution in [0.2, 0.25) is 0 Å². The van der Waals surface area contributed by atoms with E-state index in [4.69, 9.17) is 0 Å². The molecule has 1 heterocycles. The molecule has 1 aliphatic heterocycles. The van der Waals surface area contributed by atoms with Crippen molar-refractivity contribution in [2.75, 3.05) is 52.4 Å². The van der Waals surface area contributed by atoms with Crippen molar-refractivity contribution < 1.29 is 18.3 Å². The number of fused-ring (bicyclic) bond motifs is 7. The number of hydrogen-bond acceptors (Lipinski definition) is 5. The van der Waals surface area contributed by atoms with E-state index in [1.54, 1.807) is 20.7 Å². The molecule has 5 fully saturated rings. The van der Waals surface area contributed by atoms with Gasteiger partial charge < -0.3 is 10.4 Å². The molecule has 0 amide bonds. The van der Waals surface area contributed by atoms with Crippen molar-refractivity contribution in [2.24, 2.45) is 45.8 Å². The Labute approximate surface area is 309 Å². The molecule has 51 heavy (non-hydrogen) atoms. The van der Waals surface area contributed by atoms with E-state index in [1.807, 2.05) is 26.0 Å². The highest BCUT2D eigenvalue weighted by atomic mass is 32.2. The van der Waals surface area contributed by atoms with Gasteiger partial charge in [-0.25, -0.2) is 4.79 Å². The van der Waals surface area contributed by atoms with E-state index in [2.05, 4.69) is 44.0 Å². The van der Waals surface area contributed by atoms with Gasteiger partial charge in [-0.1, -0.05) is 66.2 Å². The number of rotatable bonds is 10. The Hall–Kier alpha value is -1.78. The molecule has 4 unspecified atom stereocenters. The molecule has 7 rings (SSSR count). The molecule has 0 spiro atoms. The Morgan fingerprint density at radius 3 is 2.24 bits per heavy atom. The van der Waals surface area contributed by atoms with Crippen molar-refractivity contribution >= 4 is 21.8 Å². The van der Waals surface area contributed by atoms with E-state index in [0.29, 0.717) is 43.1 Å². The summed E-state index contributed by atoms with van der Waals surface area (Å²) in [6.07, 6.45) is 15.7. The predicted molar refractivity (Wildman–Crippen MR) is 206 cm³/mol. The zero-order valence-corrected chi connectivity index (χ0v) is 33.2. The van der Waals surface area contributed by atoms with Gasteiger partial charge in [0.15, 0.2) is 0 Å². The van der Waals surface area contributed by atoms with Crippen LogP contribution in [0.3, 0.4) is 0 Å². The second-order valence-electron chi connectivity index (χ2n) is 18.4. The van der Waals surface area contributed by atoms with Gasteiger partial charge >= 0.3 is 5.97 Å². The SMILES string of the molecule is CCN(CC)S(=O)(=O)N1CCN(CCN[C@]23CCCC2[C@H]2CCC4[C@@](C)(CCC5C(C)(C)C(c6ccc(C(=O)O)cc6)=CC[C@@]54C)C2CC3)CC1. The van der Waals surface area contributed by atoms with Crippen LogP contribution in [0.1, 0.15) is 122 Å². The van der Waals surface area contributed by atoms with Crippen molar-refractivity contribution in [2.45, 2.75) is 111 Å². The quantitative estimate of drug-likeness (QED) is 0.262. The van der Waals surface area contributed by atoms with Crippen molar-refractivity contribution in [1.29, 1.82) is 0 Å². The highest BCUT2D eigenvalue weighted by molar-refractivity contribution is 7.86. The van der Waals surface area contributed by atoms with Crippen molar-refractivity contribution in [3.63, 3.8) is 0 Å². The number of carboxylic acids is 1. The molecule has 0 bridgehead atoms. The van der Waals surface area contributed by atoms with Gasteiger partial charge in [-0.15, -0.1) is 0 Å². The van der Waals surface area contributed by atoms with Crippen LogP contribution in [-0.2, 0) is 10.2 Å². The molecule has 9 heteroatoms. The van der Waals surface area contributed by atoms with Crippen LogP contribution in [0.25, 0.3) is 5.57 Å². The maximum atomic E-state index is 13.0. The fraction of sp³-hybridized carbons (Fsp3) is 0.786. The summed E-state index contributed by atoms with van der Waals surface area (Å²) in [5.41, 5.74) is 3.94. The molecule has 0 radical (unpaired) electrons. The summed E-state index contributed by atoms with van der Waals surface area (Å²) in [7, 11) is -3.35. The smallest absolute Gasteiger partial charge is 0.335 e. The monoisotopic (exact) mass is 722 g/mol. The number of hydrogen-bond donors (Lipinski definition) is 2. The molecule has 1 aromatic rings. The third-order valence-electron chi connectivity index (χ3n) is 16.1. The van der Waals surface area contributed by atoms with Gasteiger partial charge in [-0.05, 0) is 127 Å². The molecule has 6 aliphatic rings. The lowest BCUT2D eigenvalue weighted by atomic mass is 9.37. The highest BCUT2D eigenvalue weighted by Gasteiger charge is 2.65. The maximum absolute atomic E-state index is 13.0. The lowest BCUT2D eigenvalue weighted by molar-refractivity contribution is -0.172. The summed E-state index contributed by atoms with van der Waals surface area (Å²) in [5, 5.41) is 13.7. The van der Waals surface area contributed by atoms with Gasteiger partial charge in [0, 0.05) is 57.9 Å². The average Bonchev–Trinajstić information content (AvgIpc) is 3.53. The first-order valence-electron chi connectivity index (χ1n) is 20.5. The number of aromatic carboxylic acids is 1. The van der Waals surface area contributed by atoms with Gasteiger partial charge in [0.1, 0.15) is 0 Å². The van der Waals surface area contributed by atoms with E-state index < -0.39 is 16.2 Å². The lowest BCUT2D eigenvalue weighted by Gasteiger charge is -2.68. The number of allylic oxidation sites excluding steroid dienone is 2. The number of benzene rings is 1. The Morgan fingerprint density at radius 2 is 1.57 bits per heavy atom. The van der Waals surface area contributed by atoms with E-state index in [1.165, 1.54) is 68.9 Å². The number of nitrogens with one attached hydrogen (secondary N) is 1. The number of nitrogens with zero attached hydrogens (tertiary/aromatic N) is 3. The predicted octanol–water partition coefficient (Wildman–Crippen LogP) is 7.39. The molecule has 1 saturated heterocycles. The molecule has 1 aromatic carbocycles. The van der Waals surface area contributed by atoms with Crippen LogP contribution in [0, 0.1) is 45.8 Å². The molecular formula is C42H66N4O4S. The standard InChI is InChI=1S/C42H66N4O4S/c1-7-45(8-2)51(49,50)46-28-26-44(27-29-46)25-24-43-42-20-9-10-35(42)32-15-16-37-40(5,34(32)18-23-42)22-19-36-39(3,4)33(17-21-41(36,37)6)30-11-13-31(14-12-30)38(47)48/h11-14,17,32,34-37,43H,7-10,15-16,18-29H2,1-6H3,(H,47,48)/t32-,34?,35?,36?,37?,40-,41-,42-/m0/s1. The second-order valence-corrected chi connectivity index (χ2v) is 20.3. The summed E-state index contributed by atoms with van der Waals surface area (Å²) >= 11 is 0. The molecule has 8 atom stereocenters. The summed E-state index contributed by atoms with van der Waals surface area (Å²) in [6.45, 7) is 20.0. The van der Waals surface area contributed by atoms with Crippen LogP contribution in [0.4, 0.5) is 0 Å². The molecule has 0 aromatic heterocycles. The van der Waals surface area contributed by atoms with Crippen LogP contribution in [0.5, 0.6) is 0 Å². The Kier molecular flexibility index (Phi) is 10.2. The third-order valence-corrected chi connectivity index (χ3v) is 18.3. The molecule has 2 N–H and O–H groups in total.